The number of nitrogens with zero attached hydrogens (tertiary/aromatic N) is 4. The molecule has 1 N–H and O–H groups in total. The zero-order valence-electron chi connectivity index (χ0n) is 19.6. The Morgan fingerprint density at radius 1 is 1.12 bits per heavy atom. The third-order valence-corrected chi connectivity index (χ3v) is 6.35. The van der Waals surface area contributed by atoms with Gasteiger partial charge in [0.2, 0.25) is 5.91 Å². The fourth-order valence-electron chi connectivity index (χ4n) is 4.50. The lowest BCUT2D eigenvalue weighted by atomic mass is 9.90. The number of nitriles is 1. The van der Waals surface area contributed by atoms with Gasteiger partial charge in [0.15, 0.2) is 11.7 Å². The molecular formula is C27H31N5O2. The van der Waals surface area contributed by atoms with Crippen LogP contribution in [0.1, 0.15) is 36.4 Å². The lowest BCUT2D eigenvalue weighted by Gasteiger charge is -2.34. The number of ether oxygens (including phenoxy) is 1. The number of aromatic nitrogens is 2. The standard InChI is InChI=1S/C27H31N5O2/c1-34-17-7-14-29-27(33)22(19-28)25-26(31-24-11-6-5-10-23(24)30-25)32-15-12-21(13-16-32)18-20-8-3-2-4-9-20/h2-6,8-11,21-22H,7,12-18H2,1H3,(H,29,33)/t22-/m0/s1. The number of fused-ring (bicyclic) bond motifs is 1. The Morgan fingerprint density at radius 3 is 2.47 bits per heavy atom. The third kappa shape index (κ3) is 5.70. The monoisotopic (exact) mass is 457 g/mol. The lowest BCUT2D eigenvalue weighted by Crippen LogP contribution is -2.37. The number of benzene rings is 2. The summed E-state index contributed by atoms with van der Waals surface area (Å²) in [6.45, 7) is 2.65. The van der Waals surface area contributed by atoms with Gasteiger partial charge in [0.05, 0.1) is 17.1 Å². The average Bonchev–Trinajstić information content (AvgIpc) is 2.88. The number of nitrogens with one attached hydrogen (secondary N) is 1. The van der Waals surface area contributed by atoms with E-state index in [0.29, 0.717) is 42.5 Å². The van der Waals surface area contributed by atoms with Gasteiger partial charge in [-0.25, -0.2) is 9.97 Å². The van der Waals surface area contributed by atoms with Crippen molar-refractivity contribution in [3.05, 3.63) is 65.9 Å². The predicted octanol–water partition coefficient (Wildman–Crippen LogP) is 3.85. The van der Waals surface area contributed by atoms with Gasteiger partial charge >= 0.3 is 0 Å². The zero-order chi connectivity index (χ0) is 23.8. The Kier molecular flexibility index (Phi) is 8.05. The van der Waals surface area contributed by atoms with E-state index in [9.17, 15) is 10.1 Å². The van der Waals surface area contributed by atoms with E-state index in [2.05, 4.69) is 40.6 Å². The number of carbonyl (C=O) groups is 1. The van der Waals surface area contributed by atoms with Crippen LogP contribution in [-0.2, 0) is 16.0 Å². The van der Waals surface area contributed by atoms with Crippen molar-refractivity contribution in [1.29, 1.82) is 5.26 Å². The minimum atomic E-state index is -1.02. The number of piperidine rings is 1. The van der Waals surface area contributed by atoms with E-state index in [4.69, 9.17) is 14.7 Å². The molecule has 7 nitrogen and oxygen atoms in total. The van der Waals surface area contributed by atoms with Crippen LogP contribution in [0.5, 0.6) is 0 Å². The van der Waals surface area contributed by atoms with Gasteiger partial charge in [-0.15, -0.1) is 0 Å². The lowest BCUT2D eigenvalue weighted by molar-refractivity contribution is -0.121. The molecule has 3 aromatic rings. The van der Waals surface area contributed by atoms with Crippen molar-refractivity contribution >= 4 is 22.8 Å². The molecule has 4 rings (SSSR count). The minimum absolute atomic E-state index is 0.344. The van der Waals surface area contributed by atoms with Crippen LogP contribution in [0.4, 0.5) is 5.82 Å². The Hall–Kier alpha value is -3.50. The van der Waals surface area contributed by atoms with E-state index in [0.717, 1.165) is 37.9 Å². The average molecular weight is 458 g/mol. The molecular weight excluding hydrogens is 426 g/mol. The molecule has 0 unspecified atom stereocenters. The van der Waals surface area contributed by atoms with Gasteiger partial charge < -0.3 is 15.0 Å². The van der Waals surface area contributed by atoms with E-state index in [1.807, 2.05) is 30.3 Å². The fraction of sp³-hybridized carbons (Fsp3) is 0.407. The van der Waals surface area contributed by atoms with E-state index in [1.165, 1.54) is 5.56 Å². The second-order valence-corrected chi connectivity index (χ2v) is 8.74. The molecule has 176 valence electrons. The Bertz CT molecular complexity index is 1140. The van der Waals surface area contributed by atoms with E-state index >= 15 is 0 Å². The smallest absolute Gasteiger partial charge is 0.243 e. The molecule has 1 saturated heterocycles. The number of hydrogen-bond donors (Lipinski definition) is 1. The van der Waals surface area contributed by atoms with E-state index < -0.39 is 5.92 Å². The molecule has 1 aromatic heterocycles. The summed E-state index contributed by atoms with van der Waals surface area (Å²) in [5.41, 5.74) is 3.26. The number of amides is 1. The van der Waals surface area contributed by atoms with Gasteiger partial charge in [-0.2, -0.15) is 5.26 Å². The first kappa shape index (κ1) is 23.7. The molecule has 1 aliphatic rings. The highest BCUT2D eigenvalue weighted by Crippen LogP contribution is 2.31. The first-order valence-electron chi connectivity index (χ1n) is 11.9. The second-order valence-electron chi connectivity index (χ2n) is 8.74. The number of para-hydroxylation sites is 2. The van der Waals surface area contributed by atoms with Crippen molar-refractivity contribution < 1.29 is 9.53 Å². The molecule has 2 heterocycles. The van der Waals surface area contributed by atoms with Gasteiger partial charge in [0, 0.05) is 33.4 Å². The largest absolute Gasteiger partial charge is 0.385 e. The summed E-state index contributed by atoms with van der Waals surface area (Å²) < 4.78 is 5.04. The Labute approximate surface area is 200 Å². The molecule has 7 heteroatoms. The fourth-order valence-corrected chi connectivity index (χ4v) is 4.50. The quantitative estimate of drug-likeness (QED) is 0.491. The summed E-state index contributed by atoms with van der Waals surface area (Å²) >= 11 is 0. The molecule has 1 amide bonds. The highest BCUT2D eigenvalue weighted by Gasteiger charge is 2.30. The van der Waals surface area contributed by atoms with Crippen molar-refractivity contribution in [3.8, 4) is 6.07 Å². The molecule has 1 aliphatic heterocycles. The van der Waals surface area contributed by atoms with Gasteiger partial charge in [-0.05, 0) is 49.3 Å². The molecule has 34 heavy (non-hydrogen) atoms. The number of rotatable bonds is 9. The number of anilines is 1. The third-order valence-electron chi connectivity index (χ3n) is 6.35. The van der Waals surface area contributed by atoms with Crippen LogP contribution in [0, 0.1) is 17.2 Å². The zero-order valence-corrected chi connectivity index (χ0v) is 19.6. The highest BCUT2D eigenvalue weighted by atomic mass is 16.5. The molecule has 2 aromatic carbocycles. The Balaban J connectivity index is 1.55. The van der Waals surface area contributed by atoms with Crippen LogP contribution in [0.15, 0.2) is 54.6 Å². The van der Waals surface area contributed by atoms with E-state index in [-0.39, 0.29) is 5.91 Å². The highest BCUT2D eigenvalue weighted by molar-refractivity contribution is 5.88. The first-order chi connectivity index (χ1) is 16.7. The van der Waals surface area contributed by atoms with Crippen LogP contribution in [0.3, 0.4) is 0 Å². The predicted molar refractivity (Wildman–Crippen MR) is 132 cm³/mol. The molecule has 0 aliphatic carbocycles. The van der Waals surface area contributed by atoms with Gasteiger partial charge in [0.25, 0.3) is 0 Å². The van der Waals surface area contributed by atoms with Crippen LogP contribution in [0.2, 0.25) is 0 Å². The maximum Gasteiger partial charge on any atom is 0.243 e. The molecule has 1 atom stereocenters. The molecule has 0 radical (unpaired) electrons. The Morgan fingerprint density at radius 2 is 1.79 bits per heavy atom. The maximum atomic E-state index is 12.9. The number of hydrogen-bond acceptors (Lipinski definition) is 6. The second kappa shape index (κ2) is 11.6. The van der Waals surface area contributed by atoms with Crippen molar-refractivity contribution in [3.63, 3.8) is 0 Å². The summed E-state index contributed by atoms with van der Waals surface area (Å²) in [5.74, 6) is -0.109. The van der Waals surface area contributed by atoms with Crippen LogP contribution in [0.25, 0.3) is 11.0 Å². The minimum Gasteiger partial charge on any atom is -0.385 e. The van der Waals surface area contributed by atoms with Gasteiger partial charge in [-0.1, -0.05) is 42.5 Å². The summed E-state index contributed by atoms with van der Waals surface area (Å²) in [6, 6.07) is 20.4. The first-order valence-corrected chi connectivity index (χ1v) is 11.9. The van der Waals surface area contributed by atoms with Crippen LogP contribution < -0.4 is 10.2 Å². The number of carbonyl (C=O) groups excluding carboxylic acids is 1. The number of methoxy groups -OCH3 is 1. The molecule has 0 saturated carbocycles. The maximum absolute atomic E-state index is 12.9. The van der Waals surface area contributed by atoms with Crippen molar-refractivity contribution in [2.75, 3.05) is 38.3 Å². The van der Waals surface area contributed by atoms with Crippen LogP contribution >= 0.6 is 0 Å². The van der Waals surface area contributed by atoms with Crippen molar-refractivity contribution in [2.24, 2.45) is 5.92 Å². The van der Waals surface area contributed by atoms with Gasteiger partial charge in [-0.3, -0.25) is 4.79 Å². The summed E-state index contributed by atoms with van der Waals surface area (Å²) in [6.07, 6.45) is 3.81. The molecule has 1 fully saturated rings. The topological polar surface area (TPSA) is 91.1 Å². The molecule has 0 bridgehead atoms. The normalized spacial score (nSPS) is 15.1. The SMILES string of the molecule is COCCCNC(=O)[C@@H](C#N)c1nc2ccccc2nc1N1CCC(Cc2ccccc2)CC1. The van der Waals surface area contributed by atoms with Crippen molar-refractivity contribution in [1.82, 2.24) is 15.3 Å². The summed E-state index contributed by atoms with van der Waals surface area (Å²) in [4.78, 5) is 24.7. The molecule has 0 spiro atoms. The van der Waals surface area contributed by atoms with Crippen LogP contribution in [-0.4, -0.2) is 49.2 Å². The summed E-state index contributed by atoms with van der Waals surface area (Å²) in [7, 11) is 1.62. The summed E-state index contributed by atoms with van der Waals surface area (Å²) in [5, 5.41) is 12.8. The van der Waals surface area contributed by atoms with Crippen molar-refractivity contribution in [2.45, 2.75) is 31.6 Å². The van der Waals surface area contributed by atoms with E-state index in [1.54, 1.807) is 7.11 Å². The van der Waals surface area contributed by atoms with Gasteiger partial charge in [0.1, 0.15) is 5.69 Å².